The SMILES string of the molecule is CCc1cc(C#N)cc(C=O)c1. The normalized spacial score (nSPS) is 9.00. The number of rotatable bonds is 2. The predicted molar refractivity (Wildman–Crippen MR) is 45.9 cm³/mol. The molecular formula is C10H9NO. The standard InChI is InChI=1S/C10H9NO/c1-2-8-3-9(6-11)5-10(4-8)7-12/h3-5,7H,2H2,1H3. The minimum Gasteiger partial charge on any atom is -0.298 e. The summed E-state index contributed by atoms with van der Waals surface area (Å²) in [6, 6.07) is 7.20. The molecule has 60 valence electrons. The number of aryl methyl sites for hydroxylation is 1. The molecule has 0 aliphatic heterocycles. The summed E-state index contributed by atoms with van der Waals surface area (Å²) in [7, 11) is 0. The van der Waals surface area contributed by atoms with Crippen LogP contribution in [0.3, 0.4) is 0 Å². The molecule has 0 heterocycles. The van der Waals surface area contributed by atoms with Crippen molar-refractivity contribution in [3.05, 3.63) is 34.9 Å². The molecule has 1 rings (SSSR count). The number of carbonyl (C=O) groups excluding carboxylic acids is 1. The van der Waals surface area contributed by atoms with Gasteiger partial charge in [-0.1, -0.05) is 6.92 Å². The van der Waals surface area contributed by atoms with Crippen molar-refractivity contribution in [1.29, 1.82) is 5.26 Å². The van der Waals surface area contributed by atoms with Gasteiger partial charge in [-0.05, 0) is 30.2 Å². The van der Waals surface area contributed by atoms with E-state index in [9.17, 15) is 4.79 Å². The van der Waals surface area contributed by atoms with Crippen molar-refractivity contribution in [2.75, 3.05) is 0 Å². The van der Waals surface area contributed by atoms with Crippen LogP contribution in [0.25, 0.3) is 0 Å². The summed E-state index contributed by atoms with van der Waals surface area (Å²) in [6.07, 6.45) is 1.61. The van der Waals surface area contributed by atoms with Gasteiger partial charge in [0.05, 0.1) is 11.6 Å². The van der Waals surface area contributed by atoms with Crippen molar-refractivity contribution >= 4 is 6.29 Å². The number of nitriles is 1. The zero-order valence-electron chi connectivity index (χ0n) is 6.87. The average molecular weight is 159 g/mol. The van der Waals surface area contributed by atoms with E-state index in [0.29, 0.717) is 11.1 Å². The van der Waals surface area contributed by atoms with Gasteiger partial charge in [0.25, 0.3) is 0 Å². The van der Waals surface area contributed by atoms with Crippen molar-refractivity contribution in [2.45, 2.75) is 13.3 Å². The monoisotopic (exact) mass is 159 g/mol. The molecule has 1 aromatic rings. The molecule has 0 spiro atoms. The molecule has 0 unspecified atom stereocenters. The quantitative estimate of drug-likeness (QED) is 0.618. The van der Waals surface area contributed by atoms with Gasteiger partial charge in [-0.25, -0.2) is 0 Å². The van der Waals surface area contributed by atoms with Crippen LogP contribution < -0.4 is 0 Å². The highest BCUT2D eigenvalue weighted by molar-refractivity contribution is 5.76. The topological polar surface area (TPSA) is 40.9 Å². The van der Waals surface area contributed by atoms with Gasteiger partial charge in [0.2, 0.25) is 0 Å². The maximum Gasteiger partial charge on any atom is 0.150 e. The van der Waals surface area contributed by atoms with Gasteiger partial charge in [0.15, 0.2) is 0 Å². The third-order valence-corrected chi connectivity index (χ3v) is 1.69. The summed E-state index contributed by atoms with van der Waals surface area (Å²) < 4.78 is 0. The highest BCUT2D eigenvalue weighted by atomic mass is 16.1. The number of aldehydes is 1. The molecule has 1 aromatic carbocycles. The number of hydrogen-bond donors (Lipinski definition) is 0. The van der Waals surface area contributed by atoms with Gasteiger partial charge in [0, 0.05) is 5.56 Å². The second-order valence-corrected chi connectivity index (χ2v) is 2.55. The van der Waals surface area contributed by atoms with Gasteiger partial charge in [-0.2, -0.15) is 5.26 Å². The van der Waals surface area contributed by atoms with Crippen LogP contribution in [0.5, 0.6) is 0 Å². The zero-order chi connectivity index (χ0) is 8.97. The third-order valence-electron chi connectivity index (χ3n) is 1.69. The lowest BCUT2D eigenvalue weighted by Crippen LogP contribution is -1.87. The number of benzene rings is 1. The lowest BCUT2D eigenvalue weighted by molar-refractivity contribution is 0.112. The first-order chi connectivity index (χ1) is 5.80. The highest BCUT2D eigenvalue weighted by Crippen LogP contribution is 2.08. The smallest absolute Gasteiger partial charge is 0.150 e. The zero-order valence-corrected chi connectivity index (χ0v) is 6.87. The van der Waals surface area contributed by atoms with Crippen LogP contribution in [0.1, 0.15) is 28.4 Å². The molecule has 0 aliphatic rings. The first-order valence-corrected chi connectivity index (χ1v) is 3.79. The lowest BCUT2D eigenvalue weighted by atomic mass is 10.1. The molecule has 0 saturated carbocycles. The van der Waals surface area contributed by atoms with E-state index in [4.69, 9.17) is 5.26 Å². The fourth-order valence-corrected chi connectivity index (χ4v) is 1.06. The van der Waals surface area contributed by atoms with Crippen LogP contribution >= 0.6 is 0 Å². The summed E-state index contributed by atoms with van der Waals surface area (Å²) in [4.78, 5) is 10.4. The van der Waals surface area contributed by atoms with Crippen LogP contribution in [-0.2, 0) is 6.42 Å². The fourth-order valence-electron chi connectivity index (χ4n) is 1.06. The largest absolute Gasteiger partial charge is 0.298 e. The lowest BCUT2D eigenvalue weighted by Gasteiger charge is -1.98. The molecule has 2 nitrogen and oxygen atoms in total. The Morgan fingerprint density at radius 2 is 2.25 bits per heavy atom. The van der Waals surface area contributed by atoms with E-state index in [1.165, 1.54) is 0 Å². The molecule has 0 atom stereocenters. The Kier molecular flexibility index (Phi) is 2.60. The minimum absolute atomic E-state index is 0.552. The van der Waals surface area contributed by atoms with Gasteiger partial charge in [0.1, 0.15) is 6.29 Å². The molecule has 12 heavy (non-hydrogen) atoms. The van der Waals surface area contributed by atoms with E-state index in [2.05, 4.69) is 0 Å². The Morgan fingerprint density at radius 1 is 1.50 bits per heavy atom. The Morgan fingerprint density at radius 3 is 2.75 bits per heavy atom. The molecule has 0 saturated heterocycles. The van der Waals surface area contributed by atoms with Crippen molar-refractivity contribution in [2.24, 2.45) is 0 Å². The van der Waals surface area contributed by atoms with Gasteiger partial charge < -0.3 is 0 Å². The molecule has 0 aliphatic carbocycles. The molecule has 0 N–H and O–H groups in total. The Balaban J connectivity index is 3.21. The summed E-state index contributed by atoms with van der Waals surface area (Å²) in [5.41, 5.74) is 2.15. The number of hydrogen-bond acceptors (Lipinski definition) is 2. The van der Waals surface area contributed by atoms with Crippen LogP contribution in [0, 0.1) is 11.3 Å². The van der Waals surface area contributed by atoms with Gasteiger partial charge in [-0.3, -0.25) is 4.79 Å². The van der Waals surface area contributed by atoms with E-state index >= 15 is 0 Å². The van der Waals surface area contributed by atoms with Crippen LogP contribution in [0.2, 0.25) is 0 Å². The molecule has 0 amide bonds. The number of nitrogens with zero attached hydrogens (tertiary/aromatic N) is 1. The third kappa shape index (κ3) is 1.70. The van der Waals surface area contributed by atoms with Crippen molar-refractivity contribution < 1.29 is 4.79 Å². The van der Waals surface area contributed by atoms with Gasteiger partial charge in [-0.15, -0.1) is 0 Å². The first kappa shape index (κ1) is 8.48. The summed E-state index contributed by atoms with van der Waals surface area (Å²) in [6.45, 7) is 1.99. The van der Waals surface area contributed by atoms with E-state index < -0.39 is 0 Å². The first-order valence-electron chi connectivity index (χ1n) is 3.79. The molecule has 0 radical (unpaired) electrons. The van der Waals surface area contributed by atoms with E-state index in [1.807, 2.05) is 13.0 Å². The number of carbonyl (C=O) groups is 1. The summed E-state index contributed by atoms with van der Waals surface area (Å²) in [5, 5.41) is 8.61. The molecule has 0 bridgehead atoms. The molecular weight excluding hydrogens is 150 g/mol. The van der Waals surface area contributed by atoms with Crippen molar-refractivity contribution in [3.63, 3.8) is 0 Å². The Bertz CT molecular complexity index is 336. The molecule has 0 aromatic heterocycles. The second-order valence-electron chi connectivity index (χ2n) is 2.55. The Labute approximate surface area is 71.4 Å². The van der Waals surface area contributed by atoms with Crippen LogP contribution in [-0.4, -0.2) is 6.29 Å². The summed E-state index contributed by atoms with van der Waals surface area (Å²) in [5.74, 6) is 0. The summed E-state index contributed by atoms with van der Waals surface area (Å²) >= 11 is 0. The molecule has 0 fully saturated rings. The van der Waals surface area contributed by atoms with E-state index in [1.54, 1.807) is 18.2 Å². The maximum absolute atomic E-state index is 10.4. The second kappa shape index (κ2) is 3.68. The molecule has 2 heteroatoms. The highest BCUT2D eigenvalue weighted by Gasteiger charge is 1.97. The van der Waals surface area contributed by atoms with Gasteiger partial charge >= 0.3 is 0 Å². The minimum atomic E-state index is 0.552. The Hall–Kier alpha value is -1.62. The average Bonchev–Trinajstić information content (AvgIpc) is 2.16. The van der Waals surface area contributed by atoms with Crippen molar-refractivity contribution in [1.82, 2.24) is 0 Å². The van der Waals surface area contributed by atoms with Crippen LogP contribution in [0.15, 0.2) is 18.2 Å². The van der Waals surface area contributed by atoms with E-state index in [-0.39, 0.29) is 0 Å². The maximum atomic E-state index is 10.4. The van der Waals surface area contributed by atoms with Crippen molar-refractivity contribution in [3.8, 4) is 6.07 Å². The van der Waals surface area contributed by atoms with E-state index in [0.717, 1.165) is 18.3 Å². The predicted octanol–water partition coefficient (Wildman–Crippen LogP) is 1.93. The van der Waals surface area contributed by atoms with Crippen LogP contribution in [0.4, 0.5) is 0 Å². The fraction of sp³-hybridized carbons (Fsp3) is 0.200.